The van der Waals surface area contributed by atoms with Crippen molar-refractivity contribution in [3.05, 3.63) is 0 Å². The first-order chi connectivity index (χ1) is 5.63. The van der Waals surface area contributed by atoms with Crippen molar-refractivity contribution >= 4 is 0 Å². The van der Waals surface area contributed by atoms with Crippen molar-refractivity contribution in [2.75, 3.05) is 20.1 Å². The fourth-order valence-corrected chi connectivity index (χ4v) is 2.55. The molecule has 1 saturated heterocycles. The fourth-order valence-electron chi connectivity index (χ4n) is 2.55. The smallest absolute Gasteiger partial charge is 0.0102 e. The van der Waals surface area contributed by atoms with Crippen LogP contribution in [0, 0.1) is 11.3 Å². The largest absolute Gasteiger partial charge is 0.327 e. The molecule has 1 saturated carbocycles. The van der Waals surface area contributed by atoms with Gasteiger partial charge in [0.1, 0.15) is 0 Å². The van der Waals surface area contributed by atoms with Gasteiger partial charge in [-0.1, -0.05) is 6.92 Å². The lowest BCUT2D eigenvalue weighted by atomic mass is 9.82. The summed E-state index contributed by atoms with van der Waals surface area (Å²) in [6.45, 7) is 4.91. The predicted molar refractivity (Wildman–Crippen MR) is 50.9 cm³/mol. The van der Waals surface area contributed by atoms with E-state index in [1.807, 2.05) is 0 Å². The highest BCUT2D eigenvalue weighted by molar-refractivity contribution is 5.07. The van der Waals surface area contributed by atoms with Gasteiger partial charge in [0.2, 0.25) is 0 Å². The van der Waals surface area contributed by atoms with Crippen LogP contribution < -0.4 is 5.73 Å². The summed E-state index contributed by atoms with van der Waals surface area (Å²) in [6.07, 6.45) is 3.99. The monoisotopic (exact) mass is 168 g/mol. The zero-order chi connectivity index (χ0) is 8.77. The summed E-state index contributed by atoms with van der Waals surface area (Å²) in [5, 5.41) is 0. The van der Waals surface area contributed by atoms with Crippen molar-refractivity contribution in [2.45, 2.75) is 32.2 Å². The standard InChI is InChI=1S/C10H20N2/c1-10(7-9(10)11)8-3-5-12(2)6-4-8/h8-9H,3-7,11H2,1-2H3/t9-,10+/m0/s1. The normalized spacial score (nSPS) is 44.8. The van der Waals surface area contributed by atoms with Gasteiger partial charge in [-0.25, -0.2) is 0 Å². The Morgan fingerprint density at radius 3 is 2.25 bits per heavy atom. The second-order valence-corrected chi connectivity index (χ2v) is 4.89. The maximum Gasteiger partial charge on any atom is 0.0102 e. The van der Waals surface area contributed by atoms with Gasteiger partial charge >= 0.3 is 0 Å². The van der Waals surface area contributed by atoms with Gasteiger partial charge in [0.25, 0.3) is 0 Å². The molecule has 0 spiro atoms. The van der Waals surface area contributed by atoms with Crippen molar-refractivity contribution in [3.63, 3.8) is 0 Å². The van der Waals surface area contributed by atoms with Gasteiger partial charge in [-0.3, -0.25) is 0 Å². The first kappa shape index (κ1) is 8.52. The molecule has 2 atom stereocenters. The van der Waals surface area contributed by atoms with Crippen LogP contribution in [0.25, 0.3) is 0 Å². The molecule has 0 aromatic heterocycles. The molecule has 0 bridgehead atoms. The lowest BCUT2D eigenvalue weighted by Crippen LogP contribution is -2.35. The highest BCUT2D eigenvalue weighted by Gasteiger charge is 2.52. The summed E-state index contributed by atoms with van der Waals surface area (Å²) in [5.41, 5.74) is 6.47. The van der Waals surface area contributed by atoms with E-state index in [1.54, 1.807) is 0 Å². The topological polar surface area (TPSA) is 29.3 Å². The van der Waals surface area contributed by atoms with Crippen LogP contribution in [0.2, 0.25) is 0 Å². The summed E-state index contributed by atoms with van der Waals surface area (Å²) in [7, 11) is 2.21. The van der Waals surface area contributed by atoms with E-state index in [-0.39, 0.29) is 0 Å². The first-order valence-corrected chi connectivity index (χ1v) is 5.07. The summed E-state index contributed by atoms with van der Waals surface area (Å²) < 4.78 is 0. The average molecular weight is 168 g/mol. The van der Waals surface area contributed by atoms with Crippen molar-refractivity contribution in [3.8, 4) is 0 Å². The van der Waals surface area contributed by atoms with E-state index in [0.717, 1.165) is 5.92 Å². The zero-order valence-electron chi connectivity index (χ0n) is 8.21. The SMILES string of the molecule is CN1CCC([C@@]2(C)C[C@@H]2N)CC1. The van der Waals surface area contributed by atoms with Crippen LogP contribution >= 0.6 is 0 Å². The Morgan fingerprint density at radius 2 is 1.83 bits per heavy atom. The molecule has 1 aliphatic heterocycles. The van der Waals surface area contributed by atoms with E-state index in [9.17, 15) is 0 Å². The third-order valence-corrected chi connectivity index (χ3v) is 4.00. The van der Waals surface area contributed by atoms with Crippen molar-refractivity contribution in [2.24, 2.45) is 17.1 Å². The maximum atomic E-state index is 5.95. The molecule has 0 radical (unpaired) electrons. The molecule has 2 nitrogen and oxygen atoms in total. The molecular formula is C10H20N2. The van der Waals surface area contributed by atoms with Crippen LogP contribution in [0.4, 0.5) is 0 Å². The van der Waals surface area contributed by atoms with Gasteiger partial charge < -0.3 is 10.6 Å². The Labute approximate surface area is 75.1 Å². The maximum absolute atomic E-state index is 5.95. The van der Waals surface area contributed by atoms with E-state index < -0.39 is 0 Å². The van der Waals surface area contributed by atoms with Crippen molar-refractivity contribution < 1.29 is 0 Å². The molecule has 2 rings (SSSR count). The summed E-state index contributed by atoms with van der Waals surface area (Å²) in [4.78, 5) is 2.42. The van der Waals surface area contributed by atoms with Crippen LogP contribution in [0.1, 0.15) is 26.2 Å². The third kappa shape index (κ3) is 1.27. The number of hydrogen-bond donors (Lipinski definition) is 1. The third-order valence-electron chi connectivity index (χ3n) is 4.00. The van der Waals surface area contributed by atoms with E-state index in [0.29, 0.717) is 11.5 Å². The lowest BCUT2D eigenvalue weighted by Gasteiger charge is -2.33. The quantitative estimate of drug-likeness (QED) is 0.634. The molecule has 1 aliphatic carbocycles. The van der Waals surface area contributed by atoms with E-state index in [2.05, 4.69) is 18.9 Å². The molecular weight excluding hydrogens is 148 g/mol. The van der Waals surface area contributed by atoms with E-state index in [4.69, 9.17) is 5.73 Å². The van der Waals surface area contributed by atoms with Crippen LogP contribution in [-0.4, -0.2) is 31.1 Å². The fraction of sp³-hybridized carbons (Fsp3) is 1.00. The Morgan fingerprint density at radius 1 is 1.33 bits per heavy atom. The number of rotatable bonds is 1. The number of nitrogens with zero attached hydrogens (tertiary/aromatic N) is 1. The van der Waals surface area contributed by atoms with E-state index in [1.165, 1.54) is 32.4 Å². The van der Waals surface area contributed by atoms with Crippen LogP contribution in [0.15, 0.2) is 0 Å². The summed E-state index contributed by atoms with van der Waals surface area (Å²) in [5.74, 6) is 0.906. The Bertz CT molecular complexity index is 173. The molecule has 0 unspecified atom stereocenters. The van der Waals surface area contributed by atoms with Gasteiger partial charge in [-0.2, -0.15) is 0 Å². The van der Waals surface area contributed by atoms with Gasteiger partial charge in [0.05, 0.1) is 0 Å². The number of nitrogens with two attached hydrogens (primary N) is 1. The molecule has 0 amide bonds. The summed E-state index contributed by atoms with van der Waals surface area (Å²) in [6, 6.07) is 0.505. The van der Waals surface area contributed by atoms with Crippen LogP contribution in [-0.2, 0) is 0 Å². The minimum absolute atomic E-state index is 0.505. The Hall–Kier alpha value is -0.0800. The Balaban J connectivity index is 1.90. The van der Waals surface area contributed by atoms with Crippen molar-refractivity contribution in [1.82, 2.24) is 4.90 Å². The average Bonchev–Trinajstić information content (AvgIpc) is 2.62. The van der Waals surface area contributed by atoms with Gasteiger partial charge in [-0.05, 0) is 50.7 Å². The second kappa shape index (κ2) is 2.71. The number of likely N-dealkylation sites (tertiary alicyclic amines) is 1. The summed E-state index contributed by atoms with van der Waals surface area (Å²) >= 11 is 0. The van der Waals surface area contributed by atoms with Gasteiger partial charge in [-0.15, -0.1) is 0 Å². The molecule has 0 aromatic rings. The van der Waals surface area contributed by atoms with Gasteiger partial charge in [0.15, 0.2) is 0 Å². The minimum Gasteiger partial charge on any atom is -0.327 e. The second-order valence-electron chi connectivity index (χ2n) is 4.89. The van der Waals surface area contributed by atoms with Crippen LogP contribution in [0.5, 0.6) is 0 Å². The molecule has 12 heavy (non-hydrogen) atoms. The minimum atomic E-state index is 0.505. The highest BCUT2D eigenvalue weighted by Crippen LogP contribution is 2.53. The molecule has 1 heterocycles. The molecule has 2 fully saturated rings. The molecule has 0 aromatic carbocycles. The number of hydrogen-bond acceptors (Lipinski definition) is 2. The number of piperidine rings is 1. The Kier molecular flexibility index (Phi) is 1.92. The molecule has 70 valence electrons. The highest BCUT2D eigenvalue weighted by atomic mass is 15.1. The molecule has 2 heteroatoms. The molecule has 2 aliphatic rings. The van der Waals surface area contributed by atoms with Crippen molar-refractivity contribution in [1.29, 1.82) is 0 Å². The van der Waals surface area contributed by atoms with E-state index >= 15 is 0 Å². The van der Waals surface area contributed by atoms with Gasteiger partial charge in [0, 0.05) is 6.04 Å². The first-order valence-electron chi connectivity index (χ1n) is 5.07. The van der Waals surface area contributed by atoms with Crippen LogP contribution in [0.3, 0.4) is 0 Å². The molecule has 2 N–H and O–H groups in total. The lowest BCUT2D eigenvalue weighted by molar-refractivity contribution is 0.164. The predicted octanol–water partition coefficient (Wildman–Crippen LogP) is 1.07. The zero-order valence-corrected chi connectivity index (χ0v) is 8.21.